The van der Waals surface area contributed by atoms with Crippen LogP contribution in [0.1, 0.15) is 22.1 Å². The predicted octanol–water partition coefficient (Wildman–Crippen LogP) is -0.958. The van der Waals surface area contributed by atoms with Crippen LogP contribution in [0.25, 0.3) is 0 Å². The van der Waals surface area contributed by atoms with Gasteiger partial charge in [-0.3, -0.25) is 4.79 Å². The van der Waals surface area contributed by atoms with Crippen LogP contribution < -0.4 is 11.5 Å². The molecule has 0 aromatic carbocycles. The van der Waals surface area contributed by atoms with Crippen LogP contribution in [-0.4, -0.2) is 51.4 Å². The zero-order valence-electron chi connectivity index (χ0n) is 9.93. The van der Waals surface area contributed by atoms with Gasteiger partial charge in [0.2, 0.25) is 0 Å². The number of hydrogen-bond donors (Lipinski definition) is 4. The van der Waals surface area contributed by atoms with E-state index < -0.39 is 20.6 Å². The summed E-state index contributed by atoms with van der Waals surface area (Å²) in [5.41, 5.74) is 10.6. The van der Waals surface area contributed by atoms with E-state index in [4.69, 9.17) is 21.3 Å². The molecule has 0 bridgehead atoms. The first-order chi connectivity index (χ1) is 6.07. The van der Waals surface area contributed by atoms with Crippen molar-refractivity contribution in [3.8, 4) is 0 Å². The van der Waals surface area contributed by atoms with Crippen LogP contribution in [0.15, 0.2) is 0 Å². The van der Waals surface area contributed by atoms with Crippen molar-refractivity contribution >= 4 is 37.6 Å². The van der Waals surface area contributed by atoms with E-state index in [0.29, 0.717) is 13.0 Å². The fourth-order valence-corrected chi connectivity index (χ4v) is 1.07. The van der Waals surface area contributed by atoms with Gasteiger partial charge in [0.1, 0.15) is 6.04 Å². The Morgan fingerprint density at radius 1 is 1.50 bits per heavy atom. The number of carbonyl (C=O) groups is 1. The van der Waals surface area contributed by atoms with Gasteiger partial charge in [-0.1, -0.05) is 6.42 Å². The first-order valence-corrected chi connectivity index (χ1v) is 5.09. The summed E-state index contributed by atoms with van der Waals surface area (Å²) in [6.07, 6.45) is 1.95. The molecule has 0 aromatic rings. The number of rotatable bonds is 6. The van der Waals surface area contributed by atoms with Crippen molar-refractivity contribution in [3.63, 3.8) is 0 Å². The molecule has 6 nitrogen and oxygen atoms in total. The summed E-state index contributed by atoms with van der Waals surface area (Å²) in [6.45, 7) is 0.550. The summed E-state index contributed by atoms with van der Waals surface area (Å²) in [4.78, 5) is 27.6. The second-order valence-electron chi connectivity index (χ2n) is 2.55. The van der Waals surface area contributed by atoms with Gasteiger partial charge >= 0.3 is 37.6 Å². The summed E-state index contributed by atoms with van der Waals surface area (Å²) < 4.78 is 4.12. The molecule has 14 heavy (non-hydrogen) atoms. The predicted molar refractivity (Wildman–Crippen MR) is 56.3 cm³/mol. The Balaban J connectivity index is -0.000000240. The van der Waals surface area contributed by atoms with E-state index in [1.54, 1.807) is 0 Å². The molecule has 1 atom stereocenters. The van der Waals surface area contributed by atoms with Crippen molar-refractivity contribution in [2.24, 2.45) is 11.5 Å². The van der Waals surface area contributed by atoms with Gasteiger partial charge in [-0.2, -0.15) is 0 Å². The third-order valence-electron chi connectivity index (χ3n) is 1.44. The van der Waals surface area contributed by atoms with E-state index >= 15 is 0 Å². The number of hydrogen-bond acceptors (Lipinski definition) is 6. The average molecular weight is 236 g/mol. The molecule has 0 aliphatic heterocycles. The van der Waals surface area contributed by atoms with Gasteiger partial charge in [-0.25, -0.2) is 0 Å². The molecule has 0 saturated carbocycles. The molecule has 0 radical (unpaired) electrons. The minimum Gasteiger partial charge on any atom is -1.00 e. The minimum atomic E-state index is -2.65. The van der Waals surface area contributed by atoms with Gasteiger partial charge in [-0.15, -0.1) is 0 Å². The Hall–Kier alpha value is 0.506. The van der Waals surface area contributed by atoms with Crippen LogP contribution in [0.2, 0.25) is 0 Å². The van der Waals surface area contributed by atoms with E-state index in [2.05, 4.69) is 4.52 Å². The summed E-state index contributed by atoms with van der Waals surface area (Å²) in [6, 6.07) is -0.796. The summed E-state index contributed by atoms with van der Waals surface area (Å²) >= 11 is 0. The fraction of sp³-hybridized carbons (Fsp3) is 0.833. The van der Waals surface area contributed by atoms with E-state index in [0.717, 1.165) is 12.8 Å². The molecule has 6 N–H and O–H groups in total. The Morgan fingerprint density at radius 3 is 2.50 bits per heavy atom. The van der Waals surface area contributed by atoms with Crippen LogP contribution in [0.5, 0.6) is 0 Å². The monoisotopic (exact) mass is 236 g/mol. The first-order valence-electron chi connectivity index (χ1n) is 3.93. The number of unbranched alkanes of at least 4 members (excludes halogenated alkanes) is 1. The topological polar surface area (TPSA) is 119 Å². The molecule has 0 spiro atoms. The molecule has 0 aliphatic rings. The summed E-state index contributed by atoms with van der Waals surface area (Å²) in [5.74, 6) is -0.784. The molecule has 0 saturated heterocycles. The smallest absolute Gasteiger partial charge is 1.00 e. The molecule has 0 heterocycles. The van der Waals surface area contributed by atoms with Crippen molar-refractivity contribution < 1.29 is 22.0 Å². The van der Waals surface area contributed by atoms with Crippen molar-refractivity contribution in [1.29, 1.82) is 0 Å². The fourth-order valence-electron chi connectivity index (χ4n) is 0.775. The molecule has 0 aromatic heterocycles. The van der Waals surface area contributed by atoms with Crippen molar-refractivity contribution in [2.75, 3.05) is 6.54 Å². The van der Waals surface area contributed by atoms with Gasteiger partial charge in [0.05, 0.1) is 0 Å². The van der Waals surface area contributed by atoms with E-state index in [1.165, 1.54) is 0 Å². The van der Waals surface area contributed by atoms with Crippen LogP contribution >= 0.6 is 8.60 Å². The molecule has 8 heteroatoms. The molecular weight excluding hydrogens is 219 g/mol. The van der Waals surface area contributed by atoms with Crippen LogP contribution in [0.3, 0.4) is 0 Å². The maximum atomic E-state index is 10.9. The van der Waals surface area contributed by atoms with Crippen molar-refractivity contribution in [2.45, 2.75) is 25.3 Å². The molecule has 82 valence electrons. The van der Waals surface area contributed by atoms with Gasteiger partial charge in [-0.05, 0) is 19.4 Å². The van der Waals surface area contributed by atoms with Crippen LogP contribution in [0, 0.1) is 0 Å². The largest absolute Gasteiger partial charge is 2.00 e. The zero-order valence-corrected chi connectivity index (χ0v) is 10.2. The number of carbonyl (C=O) groups excluding carboxylic acids is 1. The van der Waals surface area contributed by atoms with Gasteiger partial charge < -0.3 is 28.6 Å². The maximum Gasteiger partial charge on any atom is 2.00 e. The molecule has 0 rings (SSSR count). The van der Waals surface area contributed by atoms with Crippen molar-refractivity contribution in [1.82, 2.24) is 0 Å². The van der Waals surface area contributed by atoms with E-state index in [9.17, 15) is 4.79 Å². The average Bonchev–Trinajstić information content (AvgIpc) is 2.03. The summed E-state index contributed by atoms with van der Waals surface area (Å²) in [5, 5.41) is 0. The molecule has 0 aliphatic carbocycles. The van der Waals surface area contributed by atoms with Crippen LogP contribution in [0.4, 0.5) is 0 Å². The summed E-state index contributed by atoms with van der Waals surface area (Å²) in [7, 11) is -2.65. The van der Waals surface area contributed by atoms with E-state index in [1.807, 2.05) is 0 Å². The molecule has 0 fully saturated rings. The van der Waals surface area contributed by atoms with Crippen LogP contribution in [-0.2, 0) is 9.32 Å². The van der Waals surface area contributed by atoms with Gasteiger partial charge in [0.25, 0.3) is 0 Å². The first kappa shape index (κ1) is 16.9. The van der Waals surface area contributed by atoms with Crippen molar-refractivity contribution in [3.05, 3.63) is 0 Å². The quantitative estimate of drug-likeness (QED) is 0.268. The SMILES string of the molecule is NCCCC[C@H](N)C(=O)OP(O)O.[H-].[H-].[Mg+2]. The second-order valence-corrected chi connectivity index (χ2v) is 3.24. The third-order valence-corrected chi connectivity index (χ3v) is 1.79. The Bertz CT molecular complexity index is 169. The zero-order chi connectivity index (χ0) is 10.3. The third kappa shape index (κ3) is 9.08. The molecular formula is C6H17MgN2O4P. The number of nitrogens with two attached hydrogens (primary N) is 2. The Kier molecular flexibility index (Phi) is 12.1. The van der Waals surface area contributed by atoms with Gasteiger partial charge in [0, 0.05) is 0 Å². The second kappa shape index (κ2) is 10.0. The van der Waals surface area contributed by atoms with E-state index in [-0.39, 0.29) is 25.9 Å². The molecule has 0 amide bonds. The molecule has 0 unspecified atom stereocenters. The Morgan fingerprint density at radius 2 is 2.07 bits per heavy atom. The maximum absolute atomic E-state index is 10.9. The van der Waals surface area contributed by atoms with Gasteiger partial charge in [0.15, 0.2) is 0 Å². The standard InChI is InChI=1S/C6H15N2O4P.Mg.2H/c7-4-2-1-3-5(8)6(9)12-13(10)11;;;/h5,10-11H,1-4,7-8H2;;;/q;+2;2*-1/t5-;;;/m0.../s1. The minimum absolute atomic E-state index is 0. The Labute approximate surface area is 103 Å². The normalized spacial score (nSPS) is 12.1.